The maximum atomic E-state index is 14.3. The van der Waals surface area contributed by atoms with Gasteiger partial charge >= 0.3 is 11.9 Å². The number of benzene rings is 1. The number of hydrogen-bond donors (Lipinski definition) is 1. The van der Waals surface area contributed by atoms with Crippen LogP contribution in [0.2, 0.25) is 0 Å². The molecule has 1 saturated heterocycles. The van der Waals surface area contributed by atoms with Crippen molar-refractivity contribution >= 4 is 21.9 Å². The van der Waals surface area contributed by atoms with Crippen molar-refractivity contribution < 1.29 is 17.9 Å². The van der Waals surface area contributed by atoms with Crippen LogP contribution in [-0.4, -0.2) is 44.3 Å². The van der Waals surface area contributed by atoms with Gasteiger partial charge in [-0.15, -0.1) is 0 Å². The second kappa shape index (κ2) is 9.49. The second-order valence-electron chi connectivity index (χ2n) is 9.64. The molecule has 0 atom stereocenters. The fourth-order valence-corrected chi connectivity index (χ4v) is 5.37. The van der Waals surface area contributed by atoms with Crippen molar-refractivity contribution in [3.8, 4) is 22.8 Å². The molecular formula is C28H25F3N6O2. The zero-order valence-electron chi connectivity index (χ0n) is 21.3. The lowest BCUT2D eigenvalue weighted by molar-refractivity contribution is -0.138. The zero-order chi connectivity index (χ0) is 27.3. The van der Waals surface area contributed by atoms with Gasteiger partial charge in [0, 0.05) is 30.3 Å². The van der Waals surface area contributed by atoms with E-state index < -0.39 is 17.4 Å². The van der Waals surface area contributed by atoms with Crippen LogP contribution >= 0.6 is 0 Å². The summed E-state index contributed by atoms with van der Waals surface area (Å²) in [5.74, 6) is 0.256. The molecule has 5 heterocycles. The quantitative estimate of drug-likeness (QED) is 0.356. The van der Waals surface area contributed by atoms with E-state index in [2.05, 4.69) is 20.3 Å². The number of piperidine rings is 1. The highest BCUT2D eigenvalue weighted by Crippen LogP contribution is 2.39. The summed E-state index contributed by atoms with van der Waals surface area (Å²) in [5.41, 5.74) is 1.99. The highest BCUT2D eigenvalue weighted by Gasteiger charge is 2.36. The summed E-state index contributed by atoms with van der Waals surface area (Å²) in [5, 5.41) is 3.78. The molecule has 1 aromatic carbocycles. The average Bonchev–Trinajstić information content (AvgIpc) is 3.22. The van der Waals surface area contributed by atoms with Crippen LogP contribution in [0.5, 0.6) is 5.88 Å². The van der Waals surface area contributed by atoms with Crippen LogP contribution in [0.1, 0.15) is 29.9 Å². The third kappa shape index (κ3) is 4.32. The number of methoxy groups -OCH3 is 1. The summed E-state index contributed by atoms with van der Waals surface area (Å²) < 4.78 is 50.8. The lowest BCUT2D eigenvalue weighted by Crippen LogP contribution is -2.28. The van der Waals surface area contributed by atoms with Crippen LogP contribution in [0.4, 0.5) is 13.2 Å². The van der Waals surface area contributed by atoms with Gasteiger partial charge < -0.3 is 10.1 Å². The summed E-state index contributed by atoms with van der Waals surface area (Å²) in [6, 6.07) is 9.52. The van der Waals surface area contributed by atoms with Gasteiger partial charge in [0.25, 0.3) is 0 Å². The molecule has 0 aliphatic carbocycles. The molecule has 6 rings (SSSR count). The minimum atomic E-state index is -4.56. The Hall–Kier alpha value is -4.25. The highest BCUT2D eigenvalue weighted by molar-refractivity contribution is 6.04. The van der Waals surface area contributed by atoms with Gasteiger partial charge in [0.15, 0.2) is 0 Å². The first-order chi connectivity index (χ1) is 18.8. The Balaban J connectivity index is 1.58. The van der Waals surface area contributed by atoms with Gasteiger partial charge in [0.05, 0.1) is 53.0 Å². The molecule has 11 heteroatoms. The number of nitrogens with zero attached hydrogens (tertiary/aromatic N) is 5. The van der Waals surface area contributed by atoms with Crippen molar-refractivity contribution in [3.05, 3.63) is 76.6 Å². The number of ether oxygens (including phenoxy) is 1. The Labute approximate surface area is 221 Å². The molecule has 0 unspecified atom stereocenters. The molecule has 5 aromatic rings. The fourth-order valence-electron chi connectivity index (χ4n) is 5.37. The predicted molar refractivity (Wildman–Crippen MR) is 141 cm³/mol. The summed E-state index contributed by atoms with van der Waals surface area (Å²) in [6.07, 6.45) is 1.43. The van der Waals surface area contributed by atoms with Crippen LogP contribution in [0.25, 0.3) is 38.9 Å². The summed E-state index contributed by atoms with van der Waals surface area (Å²) in [7, 11) is 3.11. The molecule has 0 amide bonds. The van der Waals surface area contributed by atoms with Gasteiger partial charge in [-0.3, -0.25) is 19.1 Å². The van der Waals surface area contributed by atoms with Gasteiger partial charge in [-0.05, 0) is 61.7 Å². The third-order valence-electron chi connectivity index (χ3n) is 7.39. The maximum Gasteiger partial charge on any atom is 0.416 e. The predicted octanol–water partition coefficient (Wildman–Crippen LogP) is 4.83. The minimum absolute atomic E-state index is 0.146. The topological polar surface area (TPSA) is 86.9 Å². The lowest BCUT2D eigenvalue weighted by Gasteiger charge is -2.26. The van der Waals surface area contributed by atoms with Gasteiger partial charge in [-0.1, -0.05) is 6.07 Å². The summed E-state index contributed by atoms with van der Waals surface area (Å²) in [4.78, 5) is 26.7. The van der Waals surface area contributed by atoms with Crippen molar-refractivity contribution in [1.82, 2.24) is 29.4 Å². The van der Waals surface area contributed by atoms with E-state index in [1.165, 1.54) is 22.3 Å². The Bertz CT molecular complexity index is 1750. The van der Waals surface area contributed by atoms with Gasteiger partial charge in [-0.2, -0.15) is 13.2 Å². The molecule has 0 saturated carbocycles. The molecular weight excluding hydrogens is 509 g/mol. The number of aromatic nitrogens is 5. The number of imidazole rings is 1. The van der Waals surface area contributed by atoms with E-state index in [-0.39, 0.29) is 17.2 Å². The van der Waals surface area contributed by atoms with E-state index in [9.17, 15) is 18.0 Å². The number of aryl methyl sites for hydroxylation is 1. The maximum absolute atomic E-state index is 14.3. The molecule has 4 aromatic heterocycles. The van der Waals surface area contributed by atoms with E-state index >= 15 is 0 Å². The van der Waals surface area contributed by atoms with Gasteiger partial charge in [0.2, 0.25) is 5.88 Å². The largest absolute Gasteiger partial charge is 0.481 e. The molecule has 8 nitrogen and oxygen atoms in total. The Morgan fingerprint density at radius 3 is 2.49 bits per heavy atom. The van der Waals surface area contributed by atoms with E-state index in [1.54, 1.807) is 49.9 Å². The molecule has 200 valence electrons. The van der Waals surface area contributed by atoms with Crippen LogP contribution in [-0.2, 0) is 13.2 Å². The number of halogens is 3. The average molecular weight is 535 g/mol. The van der Waals surface area contributed by atoms with E-state index in [0.29, 0.717) is 65.0 Å². The van der Waals surface area contributed by atoms with Crippen molar-refractivity contribution in [1.29, 1.82) is 0 Å². The second-order valence-corrected chi connectivity index (χ2v) is 9.64. The first-order valence-corrected chi connectivity index (χ1v) is 12.5. The Morgan fingerprint density at radius 2 is 1.79 bits per heavy atom. The highest BCUT2D eigenvalue weighted by atomic mass is 19.4. The first kappa shape index (κ1) is 25.1. The van der Waals surface area contributed by atoms with Crippen molar-refractivity contribution in [3.63, 3.8) is 0 Å². The molecule has 0 radical (unpaired) electrons. The van der Waals surface area contributed by atoms with Crippen LogP contribution in [0.3, 0.4) is 0 Å². The molecule has 1 aliphatic rings. The van der Waals surface area contributed by atoms with E-state index in [4.69, 9.17) is 4.74 Å². The first-order valence-electron chi connectivity index (χ1n) is 12.5. The van der Waals surface area contributed by atoms with Crippen molar-refractivity contribution in [2.45, 2.75) is 24.9 Å². The molecule has 39 heavy (non-hydrogen) atoms. The Kier molecular flexibility index (Phi) is 6.10. The normalized spacial score (nSPS) is 14.8. The van der Waals surface area contributed by atoms with Crippen LogP contribution in [0.15, 0.2) is 59.8 Å². The number of nitrogens with one attached hydrogen (secondary N) is 1. The van der Waals surface area contributed by atoms with E-state index in [0.717, 1.165) is 6.07 Å². The van der Waals surface area contributed by atoms with Crippen LogP contribution < -0.4 is 15.7 Å². The minimum Gasteiger partial charge on any atom is -0.481 e. The fraction of sp³-hybridized carbons (Fsp3) is 0.286. The molecule has 0 bridgehead atoms. The van der Waals surface area contributed by atoms with Gasteiger partial charge in [-0.25, -0.2) is 9.78 Å². The summed E-state index contributed by atoms with van der Waals surface area (Å²) in [6.45, 7) is 1.34. The van der Waals surface area contributed by atoms with Crippen molar-refractivity contribution in [2.24, 2.45) is 7.05 Å². The number of hydrogen-bond acceptors (Lipinski definition) is 6. The summed E-state index contributed by atoms with van der Waals surface area (Å²) >= 11 is 0. The lowest BCUT2D eigenvalue weighted by atomic mass is 9.86. The third-order valence-corrected chi connectivity index (χ3v) is 7.39. The van der Waals surface area contributed by atoms with Crippen molar-refractivity contribution in [2.75, 3.05) is 20.2 Å². The number of fused-ring (bicyclic) bond motifs is 3. The Morgan fingerprint density at radius 1 is 1.00 bits per heavy atom. The number of alkyl halides is 3. The zero-order valence-corrected chi connectivity index (χ0v) is 21.3. The molecule has 0 spiro atoms. The smallest absolute Gasteiger partial charge is 0.416 e. The monoisotopic (exact) mass is 534 g/mol. The molecule has 1 fully saturated rings. The molecule has 1 aliphatic heterocycles. The standard InChI is InChI=1S/C28H25F3N6O2/c1-36-24-15-34-23-14-33-22(17-3-6-25(39-2)35-13-17)12-20(23)26(24)37(27(36)38)18-4-5-19(16-7-9-32-10-8-16)21(11-18)28(29,30)31/h3-6,11-16,32H,7-10H2,1-2H3. The van der Waals surface area contributed by atoms with Crippen LogP contribution in [0, 0.1) is 0 Å². The number of rotatable bonds is 4. The molecule has 1 N–H and O–H groups in total. The SMILES string of the molecule is COc1ccc(-c2cc3c(cn2)ncc2c3n(-c3ccc(C4CCNCC4)c(C(F)(F)F)c3)c(=O)n2C)cn1. The number of pyridine rings is 3. The van der Waals surface area contributed by atoms with Gasteiger partial charge in [0.1, 0.15) is 0 Å². The van der Waals surface area contributed by atoms with E-state index in [1.807, 2.05) is 0 Å².